The van der Waals surface area contributed by atoms with E-state index in [1.165, 1.54) is 5.69 Å². The maximum Gasteiger partial charge on any atom is 0.255 e. The average Bonchev–Trinajstić information content (AvgIpc) is 3.44. The summed E-state index contributed by atoms with van der Waals surface area (Å²) < 4.78 is 7.45. The molecule has 3 aromatic rings. The largest absolute Gasteiger partial charge is 0.378 e. The summed E-state index contributed by atoms with van der Waals surface area (Å²) in [5.74, 6) is -0.000544. The van der Waals surface area contributed by atoms with Gasteiger partial charge in [0.1, 0.15) is 11.9 Å². The van der Waals surface area contributed by atoms with Gasteiger partial charge in [0.05, 0.1) is 18.9 Å². The van der Waals surface area contributed by atoms with Gasteiger partial charge in [-0.05, 0) is 48.4 Å². The topological polar surface area (TPSA) is 96.8 Å². The number of imidazole rings is 1. The highest BCUT2D eigenvalue weighted by Crippen LogP contribution is 2.32. The number of morpholine rings is 1. The Morgan fingerprint density at radius 3 is 2.50 bits per heavy atom. The van der Waals surface area contributed by atoms with E-state index in [1.807, 2.05) is 36.0 Å². The van der Waals surface area contributed by atoms with Crippen LogP contribution in [0.3, 0.4) is 0 Å². The first-order chi connectivity index (χ1) is 17.5. The first-order valence-corrected chi connectivity index (χ1v) is 12.2. The third-order valence-corrected chi connectivity index (χ3v) is 7.20. The van der Waals surface area contributed by atoms with E-state index >= 15 is 0 Å². The number of fused-ring (bicyclic) bond motifs is 1. The maximum absolute atomic E-state index is 13.0. The molecule has 184 valence electrons. The van der Waals surface area contributed by atoms with Crippen molar-refractivity contribution < 1.29 is 19.1 Å². The molecule has 1 aromatic heterocycles. The molecule has 1 atom stereocenters. The molecule has 2 fully saturated rings. The Morgan fingerprint density at radius 2 is 1.75 bits per heavy atom. The SMILES string of the molecule is Cn1cc(-c2ccc3c(c2)CN(C2CCC(=O)NC2=O)C3=O)nc1-c1ccc(N2CCOCC2)cc1. The van der Waals surface area contributed by atoms with Gasteiger partial charge in [0.2, 0.25) is 11.8 Å². The van der Waals surface area contributed by atoms with Gasteiger partial charge >= 0.3 is 0 Å². The predicted octanol–water partition coefficient (Wildman–Crippen LogP) is 2.35. The van der Waals surface area contributed by atoms with Gasteiger partial charge in [-0.25, -0.2) is 4.98 Å². The van der Waals surface area contributed by atoms with Gasteiger partial charge in [0, 0.05) is 61.7 Å². The van der Waals surface area contributed by atoms with Gasteiger partial charge in [-0.15, -0.1) is 0 Å². The van der Waals surface area contributed by atoms with E-state index in [0.29, 0.717) is 18.5 Å². The highest BCUT2D eigenvalue weighted by Gasteiger charge is 2.39. The van der Waals surface area contributed by atoms with Gasteiger partial charge < -0.3 is 19.1 Å². The highest BCUT2D eigenvalue weighted by atomic mass is 16.5. The molecule has 0 spiro atoms. The summed E-state index contributed by atoms with van der Waals surface area (Å²) in [4.78, 5) is 45.6. The second-order valence-corrected chi connectivity index (χ2v) is 9.48. The molecule has 1 unspecified atom stereocenters. The predicted molar refractivity (Wildman–Crippen MR) is 133 cm³/mol. The molecule has 2 aromatic carbocycles. The summed E-state index contributed by atoms with van der Waals surface area (Å²) in [6.45, 7) is 3.64. The number of piperidine rings is 1. The molecule has 36 heavy (non-hydrogen) atoms. The third kappa shape index (κ3) is 3.95. The lowest BCUT2D eigenvalue weighted by Gasteiger charge is -2.29. The average molecular weight is 486 g/mol. The number of imide groups is 1. The molecule has 3 aliphatic rings. The van der Waals surface area contributed by atoms with Crippen LogP contribution in [0.15, 0.2) is 48.7 Å². The van der Waals surface area contributed by atoms with E-state index in [9.17, 15) is 14.4 Å². The fraction of sp³-hybridized carbons (Fsp3) is 0.333. The van der Waals surface area contributed by atoms with Crippen LogP contribution in [0.25, 0.3) is 22.6 Å². The zero-order chi connectivity index (χ0) is 24.8. The Hall–Kier alpha value is -3.98. The van der Waals surface area contributed by atoms with Crippen molar-refractivity contribution >= 4 is 23.4 Å². The van der Waals surface area contributed by atoms with Gasteiger partial charge in [-0.1, -0.05) is 6.07 Å². The number of anilines is 1. The van der Waals surface area contributed by atoms with Crippen molar-refractivity contribution in [2.45, 2.75) is 25.4 Å². The summed E-state index contributed by atoms with van der Waals surface area (Å²) >= 11 is 0. The van der Waals surface area contributed by atoms with Crippen molar-refractivity contribution in [2.75, 3.05) is 31.2 Å². The molecular formula is C27H27N5O4. The second kappa shape index (κ2) is 8.91. The Bertz CT molecular complexity index is 1360. The summed E-state index contributed by atoms with van der Waals surface area (Å²) in [7, 11) is 1.98. The Balaban J connectivity index is 1.23. The van der Waals surface area contributed by atoms with E-state index in [-0.39, 0.29) is 18.2 Å². The number of aryl methyl sites for hydroxylation is 1. The van der Waals surface area contributed by atoms with Gasteiger partial charge in [0.15, 0.2) is 0 Å². The molecule has 9 nitrogen and oxygen atoms in total. The molecule has 6 rings (SSSR count). The molecule has 0 bridgehead atoms. The van der Waals surface area contributed by atoms with E-state index in [1.54, 1.807) is 4.90 Å². The molecule has 0 saturated carbocycles. The zero-order valence-electron chi connectivity index (χ0n) is 20.1. The van der Waals surface area contributed by atoms with Gasteiger partial charge in [-0.3, -0.25) is 19.7 Å². The molecule has 9 heteroatoms. The van der Waals surface area contributed by atoms with Gasteiger partial charge in [0.25, 0.3) is 5.91 Å². The van der Waals surface area contributed by atoms with Crippen molar-refractivity contribution in [3.8, 4) is 22.6 Å². The number of nitrogens with zero attached hydrogens (tertiary/aromatic N) is 4. The van der Waals surface area contributed by atoms with Crippen LogP contribution in [-0.2, 0) is 27.9 Å². The number of hydrogen-bond donors (Lipinski definition) is 1. The summed E-state index contributed by atoms with van der Waals surface area (Å²) in [5, 5.41) is 2.34. The van der Waals surface area contributed by atoms with Crippen molar-refractivity contribution in [3.63, 3.8) is 0 Å². The van der Waals surface area contributed by atoms with Crippen LogP contribution in [0.1, 0.15) is 28.8 Å². The summed E-state index contributed by atoms with van der Waals surface area (Å²) in [5.41, 5.74) is 5.40. The smallest absolute Gasteiger partial charge is 0.255 e. The minimum atomic E-state index is -0.618. The van der Waals surface area contributed by atoms with Crippen molar-refractivity contribution in [1.82, 2.24) is 19.8 Å². The van der Waals surface area contributed by atoms with Crippen LogP contribution in [0.2, 0.25) is 0 Å². The number of amides is 3. The lowest BCUT2D eigenvalue weighted by atomic mass is 10.0. The number of benzene rings is 2. The molecule has 2 saturated heterocycles. The minimum Gasteiger partial charge on any atom is -0.378 e. The quantitative estimate of drug-likeness (QED) is 0.570. The number of hydrogen-bond acceptors (Lipinski definition) is 6. The van der Waals surface area contributed by atoms with Crippen molar-refractivity contribution in [1.29, 1.82) is 0 Å². The van der Waals surface area contributed by atoms with Crippen LogP contribution in [-0.4, -0.2) is 64.5 Å². The molecule has 1 N–H and O–H groups in total. The zero-order valence-corrected chi connectivity index (χ0v) is 20.1. The van der Waals surface area contributed by atoms with Crippen LogP contribution in [0.4, 0.5) is 5.69 Å². The third-order valence-electron chi connectivity index (χ3n) is 7.20. The van der Waals surface area contributed by atoms with Crippen LogP contribution < -0.4 is 10.2 Å². The number of carbonyl (C=O) groups excluding carboxylic acids is 3. The van der Waals surface area contributed by atoms with Gasteiger partial charge in [-0.2, -0.15) is 0 Å². The normalized spacial score (nSPS) is 20.0. The number of nitrogens with one attached hydrogen (secondary N) is 1. The molecule has 3 amide bonds. The van der Waals surface area contributed by atoms with Crippen LogP contribution in [0.5, 0.6) is 0 Å². The lowest BCUT2D eigenvalue weighted by molar-refractivity contribution is -0.136. The molecule has 0 aliphatic carbocycles. The molecule has 0 radical (unpaired) electrons. The standard InChI is InChI=1S/C27H27N5O4/c1-30-16-22(28-25(30)17-2-5-20(6-3-17)31-10-12-36-13-11-31)18-4-7-21-19(14-18)15-32(27(21)35)23-8-9-24(33)29-26(23)34/h2-7,14,16,23H,8-13,15H2,1H3,(H,29,33,34). The number of carbonyl (C=O) groups is 3. The summed E-state index contributed by atoms with van der Waals surface area (Å²) in [6, 6.07) is 13.5. The van der Waals surface area contributed by atoms with Crippen LogP contribution in [0, 0.1) is 0 Å². The highest BCUT2D eigenvalue weighted by molar-refractivity contribution is 6.05. The van der Waals surface area contributed by atoms with E-state index in [2.05, 4.69) is 34.5 Å². The number of rotatable bonds is 4. The summed E-state index contributed by atoms with van der Waals surface area (Å²) in [6.07, 6.45) is 2.58. The van der Waals surface area contributed by atoms with E-state index < -0.39 is 11.9 Å². The lowest BCUT2D eigenvalue weighted by Crippen LogP contribution is -2.52. The van der Waals surface area contributed by atoms with Crippen molar-refractivity contribution in [3.05, 3.63) is 59.8 Å². The fourth-order valence-electron chi connectivity index (χ4n) is 5.25. The first-order valence-electron chi connectivity index (χ1n) is 12.2. The molecular weight excluding hydrogens is 458 g/mol. The van der Waals surface area contributed by atoms with Crippen molar-refractivity contribution in [2.24, 2.45) is 7.05 Å². The van der Waals surface area contributed by atoms with Crippen LogP contribution >= 0.6 is 0 Å². The molecule has 3 aliphatic heterocycles. The minimum absolute atomic E-state index is 0.173. The second-order valence-electron chi connectivity index (χ2n) is 9.48. The Morgan fingerprint density at radius 1 is 1.00 bits per heavy atom. The van der Waals surface area contributed by atoms with E-state index in [4.69, 9.17) is 9.72 Å². The Labute approximate surface area is 208 Å². The first kappa shape index (κ1) is 22.5. The molecule has 4 heterocycles. The fourth-order valence-corrected chi connectivity index (χ4v) is 5.25. The van der Waals surface area contributed by atoms with E-state index in [0.717, 1.165) is 54.5 Å². The number of ether oxygens (including phenoxy) is 1. The monoisotopic (exact) mass is 485 g/mol. The number of aromatic nitrogens is 2. The Kier molecular flexibility index (Phi) is 5.56. The maximum atomic E-state index is 13.0.